The molecule has 8 rings (SSSR count). The van der Waals surface area contributed by atoms with Gasteiger partial charge < -0.3 is 36.4 Å². The van der Waals surface area contributed by atoms with Crippen LogP contribution in [0.2, 0.25) is 0 Å². The average molecular weight is 818 g/mol. The predicted octanol–water partition coefficient (Wildman–Crippen LogP) is 6.46. The summed E-state index contributed by atoms with van der Waals surface area (Å²) in [5.41, 5.74) is 5.35. The molecule has 6 aliphatic carbocycles. The van der Waals surface area contributed by atoms with Gasteiger partial charge >= 0.3 is 0 Å². The molecule has 5 saturated carbocycles. The molecule has 0 radical (unpaired) electrons. The van der Waals surface area contributed by atoms with E-state index in [1.165, 1.54) is 51.4 Å². The Morgan fingerprint density at radius 1 is 0.864 bits per heavy atom. The second kappa shape index (κ2) is 19.8. The molecule has 2 heterocycles. The third-order valence-corrected chi connectivity index (χ3v) is 18.0. The number of hydrogen-bond donors (Lipinski definition) is 6. The van der Waals surface area contributed by atoms with Crippen LogP contribution in [-0.4, -0.2) is 83.7 Å². The maximum absolute atomic E-state index is 14.4. The number of aliphatic hydroxyl groups excluding tert-OH is 3. The third-order valence-electron chi connectivity index (χ3n) is 18.0. The summed E-state index contributed by atoms with van der Waals surface area (Å²) >= 11 is 0. The molecule has 59 heavy (non-hydrogen) atoms. The van der Waals surface area contributed by atoms with Gasteiger partial charge in [-0.1, -0.05) is 43.3 Å². The molecule has 0 aromatic heterocycles. The van der Waals surface area contributed by atoms with Crippen LogP contribution >= 0.6 is 0 Å². The number of hydrogen-bond acceptors (Lipinski definition) is 9. The number of methoxy groups -OCH3 is 1. The quantitative estimate of drug-likeness (QED) is 0.108. The molecular weight excluding hydrogens is 739 g/mol. The Labute approximate surface area is 355 Å². The summed E-state index contributed by atoms with van der Waals surface area (Å²) in [4.78, 5) is 26.6. The number of allylic oxidation sites excluding steroid dienone is 2. The molecule has 2 aliphatic heterocycles. The van der Waals surface area contributed by atoms with Crippen molar-refractivity contribution in [3.05, 3.63) is 12.2 Å². The Bertz CT molecular complexity index is 1520. The maximum Gasteiger partial charge on any atom is 0.153 e. The van der Waals surface area contributed by atoms with Crippen LogP contribution in [0.3, 0.4) is 0 Å². The van der Waals surface area contributed by atoms with Gasteiger partial charge in [0.1, 0.15) is 11.2 Å². The van der Waals surface area contributed by atoms with Crippen molar-refractivity contribution >= 4 is 11.6 Å². The minimum atomic E-state index is -1.05. The van der Waals surface area contributed by atoms with Gasteiger partial charge in [-0.15, -0.1) is 0 Å². The van der Waals surface area contributed by atoms with E-state index in [1.54, 1.807) is 7.11 Å². The molecule has 7 N–H and O–H groups in total. The van der Waals surface area contributed by atoms with E-state index in [1.807, 2.05) is 0 Å². The number of piperidine rings is 2. The second-order valence-corrected chi connectivity index (χ2v) is 21.3. The van der Waals surface area contributed by atoms with Gasteiger partial charge in [-0.2, -0.15) is 0 Å². The largest absolute Gasteiger partial charge is 0.393 e. The van der Waals surface area contributed by atoms with Crippen LogP contribution in [0.25, 0.3) is 0 Å². The smallest absolute Gasteiger partial charge is 0.153 e. The Morgan fingerprint density at radius 3 is 2.49 bits per heavy atom. The molecular formula is C50H79N3O6. The fourth-order valence-corrected chi connectivity index (χ4v) is 14.5. The molecule has 6 unspecified atom stereocenters. The highest BCUT2D eigenvalue weighted by molar-refractivity contribution is 5.89. The summed E-state index contributed by atoms with van der Waals surface area (Å²) in [6, 6.07) is 0.363. The van der Waals surface area contributed by atoms with Gasteiger partial charge in [0.15, 0.2) is 5.78 Å². The summed E-state index contributed by atoms with van der Waals surface area (Å²) < 4.78 is 5.76. The summed E-state index contributed by atoms with van der Waals surface area (Å²) in [7, 11) is 1.67. The van der Waals surface area contributed by atoms with Gasteiger partial charge in [0.05, 0.1) is 30.6 Å². The molecule has 9 nitrogen and oxygen atoms in total. The number of nitrogens with two attached hydrogens (primary N) is 1. The van der Waals surface area contributed by atoms with Crippen molar-refractivity contribution in [1.82, 2.24) is 10.6 Å². The van der Waals surface area contributed by atoms with Gasteiger partial charge in [0.2, 0.25) is 0 Å². The Balaban J connectivity index is 0.957. The van der Waals surface area contributed by atoms with Gasteiger partial charge in [0, 0.05) is 38.3 Å². The highest BCUT2D eigenvalue weighted by Gasteiger charge is 2.52. The first-order chi connectivity index (χ1) is 28.6. The lowest BCUT2D eigenvalue weighted by Crippen LogP contribution is -2.55. The lowest BCUT2D eigenvalue weighted by molar-refractivity contribution is -0.136. The fourth-order valence-electron chi connectivity index (χ4n) is 14.5. The van der Waals surface area contributed by atoms with Crippen LogP contribution < -0.4 is 16.4 Å². The first kappa shape index (κ1) is 44.0. The van der Waals surface area contributed by atoms with E-state index in [2.05, 4.69) is 34.6 Å². The number of ether oxygens (including phenoxy) is 1. The number of carbonyl (C=O) groups is 2. The Hall–Kier alpha value is -1.64. The van der Waals surface area contributed by atoms with Gasteiger partial charge in [-0.25, -0.2) is 0 Å². The van der Waals surface area contributed by atoms with Crippen LogP contribution in [-0.2, 0) is 14.3 Å². The molecule has 2 saturated heterocycles. The first-order valence-electron chi connectivity index (χ1n) is 24.7. The average Bonchev–Trinajstić information content (AvgIpc) is 3.29. The second-order valence-electron chi connectivity index (χ2n) is 21.3. The van der Waals surface area contributed by atoms with Crippen molar-refractivity contribution in [2.45, 2.75) is 184 Å². The molecule has 9 heteroatoms. The standard InChI is InChI=1S/C50H79N3O6/c1-59-46-25-37-11-16-47(57)50(21-18-35(26-48(50)58)33-10-14-41-38(23-33)30-53-44-28-40(55)13-15-42(41)44)20-17-32(43(37)29-45(46)56)9-12-39(54)24-34(36-19-22-52-49(51)27-36)8-7-31-5-3-2-4-6-31/h7-8,31-39,41-46,48-49,52-54,56,58H,2-6,9-16,18-19,21-30,51H2,1H3/t32-,33+,34-,35-,36?,37?,38-,39-,41+,42-,43?,44+,45?,46?,48+,49?,50-/m0/s1. The van der Waals surface area contributed by atoms with Gasteiger partial charge in [0.25, 0.3) is 0 Å². The molecule has 8 aliphatic rings. The summed E-state index contributed by atoms with van der Waals surface area (Å²) in [5.74, 6) is 12.3. The molecule has 0 amide bonds. The third kappa shape index (κ3) is 10.1. The van der Waals surface area contributed by atoms with Crippen molar-refractivity contribution in [1.29, 1.82) is 0 Å². The monoisotopic (exact) mass is 818 g/mol. The number of aliphatic hydroxyl groups is 3. The normalized spacial score (nSPS) is 44.6. The van der Waals surface area contributed by atoms with Crippen LogP contribution in [0.1, 0.15) is 148 Å². The summed E-state index contributed by atoms with van der Waals surface area (Å²) in [6.45, 7) is 1.91. The van der Waals surface area contributed by atoms with Crippen molar-refractivity contribution in [3.63, 3.8) is 0 Å². The van der Waals surface area contributed by atoms with E-state index in [4.69, 9.17) is 10.5 Å². The maximum atomic E-state index is 14.4. The number of nitrogens with one attached hydrogen (secondary N) is 2. The number of fused-ring (bicyclic) bond motifs is 4. The van der Waals surface area contributed by atoms with Crippen molar-refractivity contribution in [3.8, 4) is 11.8 Å². The number of carbonyl (C=O) groups excluding carboxylic acids is 2. The molecule has 1 spiro atoms. The molecule has 17 atom stereocenters. The van der Waals surface area contributed by atoms with E-state index in [-0.39, 0.29) is 41.7 Å². The van der Waals surface area contributed by atoms with Crippen LogP contribution in [0.4, 0.5) is 0 Å². The van der Waals surface area contributed by atoms with Crippen LogP contribution in [0, 0.1) is 82.4 Å². The van der Waals surface area contributed by atoms with Gasteiger partial charge in [-0.3, -0.25) is 9.59 Å². The van der Waals surface area contributed by atoms with Crippen molar-refractivity contribution < 1.29 is 29.6 Å². The zero-order chi connectivity index (χ0) is 41.1. The highest BCUT2D eigenvalue weighted by atomic mass is 16.5. The zero-order valence-corrected chi connectivity index (χ0v) is 36.3. The van der Waals surface area contributed by atoms with Crippen LogP contribution in [0.5, 0.6) is 0 Å². The minimum absolute atomic E-state index is 0.000688. The van der Waals surface area contributed by atoms with Gasteiger partial charge in [-0.05, 0) is 181 Å². The Kier molecular flexibility index (Phi) is 14.8. The predicted molar refractivity (Wildman–Crippen MR) is 231 cm³/mol. The highest BCUT2D eigenvalue weighted by Crippen LogP contribution is 2.52. The van der Waals surface area contributed by atoms with E-state index in [9.17, 15) is 24.9 Å². The van der Waals surface area contributed by atoms with Crippen molar-refractivity contribution in [2.24, 2.45) is 76.2 Å². The van der Waals surface area contributed by atoms with E-state index in [0.29, 0.717) is 117 Å². The minimum Gasteiger partial charge on any atom is -0.393 e. The number of Topliss-reactive ketones (excluding diaryl/α,β-unsaturated/α-hetero) is 2. The van der Waals surface area contributed by atoms with Crippen LogP contribution in [0.15, 0.2) is 12.2 Å². The lowest BCUT2D eigenvalue weighted by Gasteiger charge is -2.51. The topological polar surface area (TPSA) is 154 Å². The first-order valence-corrected chi connectivity index (χ1v) is 24.7. The van der Waals surface area contributed by atoms with E-state index in [0.717, 1.165) is 45.2 Å². The lowest BCUT2D eigenvalue weighted by atomic mass is 9.57. The summed E-state index contributed by atoms with van der Waals surface area (Å²) in [5, 5.41) is 42.4. The molecule has 0 bridgehead atoms. The fraction of sp³-hybridized carbons (Fsp3) is 0.880. The van der Waals surface area contributed by atoms with E-state index < -0.39 is 23.7 Å². The molecule has 330 valence electrons. The number of rotatable bonds is 10. The molecule has 0 aromatic carbocycles. The number of ketones is 2. The zero-order valence-electron chi connectivity index (χ0n) is 36.3. The summed E-state index contributed by atoms with van der Waals surface area (Å²) in [6.07, 6.45) is 23.9. The molecule has 7 fully saturated rings. The van der Waals surface area contributed by atoms with Crippen molar-refractivity contribution in [2.75, 3.05) is 20.2 Å². The Morgan fingerprint density at radius 2 is 1.69 bits per heavy atom. The van der Waals surface area contributed by atoms with E-state index >= 15 is 0 Å². The SMILES string of the molecule is COC1CC2CCC(=O)[C@]3(C#C[C@H](CC[C@H](O)C[C@H](C=CC4CCCCC4)C4CCNC(N)C4)C2CC1O)CC[C@H]([C@@H]1CC[C@@H]2[C@H](CN[C@@H]4CC(=O)CC[C@@H]24)C1)C[C@H]3O. The molecule has 0 aromatic rings.